The zero-order chi connectivity index (χ0) is 10.0. The van der Waals surface area contributed by atoms with Gasteiger partial charge in [-0.2, -0.15) is 0 Å². The lowest BCUT2D eigenvalue weighted by atomic mass is 10.1. The van der Waals surface area contributed by atoms with Crippen molar-refractivity contribution in [1.82, 2.24) is 10.2 Å². The smallest absolute Gasteiger partial charge is 0.256 e. The molecule has 1 aliphatic rings. The van der Waals surface area contributed by atoms with Crippen molar-refractivity contribution in [3.8, 4) is 0 Å². The predicted octanol–water partition coefficient (Wildman–Crippen LogP) is 0.999. The minimum absolute atomic E-state index is 0.170. The normalized spacial score (nSPS) is 29.5. The second-order valence-electron chi connectivity index (χ2n) is 3.45. The van der Waals surface area contributed by atoms with Crippen LogP contribution in [0.3, 0.4) is 0 Å². The number of piperazine rings is 1. The van der Waals surface area contributed by atoms with Gasteiger partial charge in [0.15, 0.2) is 4.84 Å². The van der Waals surface area contributed by atoms with Gasteiger partial charge in [-0.15, -0.1) is 0 Å². The summed E-state index contributed by atoms with van der Waals surface area (Å²) < 4.78 is 0. The van der Waals surface area contributed by atoms with Gasteiger partial charge in [-0.25, -0.2) is 0 Å². The van der Waals surface area contributed by atoms with Gasteiger partial charge in [0.2, 0.25) is 0 Å². The molecule has 0 aromatic carbocycles. The Bertz CT molecular complexity index is 199. The summed E-state index contributed by atoms with van der Waals surface area (Å²) in [4.78, 5) is 12.3. The van der Waals surface area contributed by atoms with E-state index in [1.54, 1.807) is 4.90 Å². The van der Waals surface area contributed by atoms with Crippen LogP contribution in [0, 0.1) is 0 Å². The van der Waals surface area contributed by atoms with E-state index in [1.807, 2.05) is 13.8 Å². The third-order valence-electron chi connectivity index (χ3n) is 2.23. The molecule has 1 saturated heterocycles. The first-order chi connectivity index (χ1) is 6.02. The van der Waals surface area contributed by atoms with Crippen molar-refractivity contribution in [3.63, 3.8) is 0 Å². The number of nitrogens with one attached hydrogen (secondary N) is 1. The van der Waals surface area contributed by atoms with Crippen LogP contribution in [0.4, 0.5) is 0 Å². The van der Waals surface area contributed by atoms with E-state index < -0.39 is 4.84 Å². The molecule has 0 aromatic rings. The third-order valence-corrected chi connectivity index (χ3v) is 2.61. The van der Waals surface area contributed by atoms with E-state index in [0.717, 1.165) is 6.54 Å². The number of carbonyl (C=O) groups is 1. The monoisotopic (exact) mass is 224 g/mol. The van der Waals surface area contributed by atoms with Crippen LogP contribution in [0.15, 0.2) is 0 Å². The fourth-order valence-corrected chi connectivity index (χ4v) is 1.70. The molecule has 2 atom stereocenters. The lowest BCUT2D eigenvalue weighted by Crippen LogP contribution is -2.57. The van der Waals surface area contributed by atoms with Gasteiger partial charge in [0.25, 0.3) is 5.91 Å². The summed E-state index contributed by atoms with van der Waals surface area (Å²) >= 11 is 11.1. The topological polar surface area (TPSA) is 32.3 Å². The number of halogens is 2. The maximum Gasteiger partial charge on any atom is 0.256 e. The highest BCUT2D eigenvalue weighted by atomic mass is 35.5. The minimum Gasteiger partial charge on any atom is -0.335 e. The maximum atomic E-state index is 11.5. The number of amides is 1. The summed E-state index contributed by atoms with van der Waals surface area (Å²) in [5.41, 5.74) is 0. The highest BCUT2D eigenvalue weighted by Crippen LogP contribution is 2.13. The summed E-state index contributed by atoms with van der Waals surface area (Å²) in [7, 11) is 0. The van der Waals surface area contributed by atoms with Crippen molar-refractivity contribution < 1.29 is 4.79 Å². The van der Waals surface area contributed by atoms with Crippen LogP contribution in [0.5, 0.6) is 0 Å². The fourth-order valence-electron chi connectivity index (χ4n) is 1.45. The van der Waals surface area contributed by atoms with Crippen LogP contribution >= 0.6 is 23.2 Å². The molecule has 3 nitrogen and oxygen atoms in total. The Morgan fingerprint density at radius 2 is 2.15 bits per heavy atom. The highest BCUT2D eigenvalue weighted by Gasteiger charge is 2.29. The SMILES string of the molecule is CC1CN(C(=O)C(Cl)Cl)C(C)CN1. The number of rotatable bonds is 1. The van der Waals surface area contributed by atoms with Gasteiger partial charge in [-0.1, -0.05) is 23.2 Å². The van der Waals surface area contributed by atoms with E-state index in [4.69, 9.17) is 23.2 Å². The van der Waals surface area contributed by atoms with Crippen LogP contribution in [0.2, 0.25) is 0 Å². The lowest BCUT2D eigenvalue weighted by molar-refractivity contribution is -0.132. The van der Waals surface area contributed by atoms with E-state index in [1.165, 1.54) is 0 Å². The Morgan fingerprint density at radius 1 is 1.54 bits per heavy atom. The summed E-state index contributed by atoms with van der Waals surface area (Å²) in [5.74, 6) is -0.191. The summed E-state index contributed by atoms with van der Waals surface area (Å²) in [6.07, 6.45) is 0. The van der Waals surface area contributed by atoms with E-state index in [0.29, 0.717) is 12.6 Å². The molecular formula is C8H14Cl2N2O. The van der Waals surface area contributed by atoms with E-state index >= 15 is 0 Å². The summed E-state index contributed by atoms with van der Waals surface area (Å²) in [5, 5.41) is 3.28. The average Bonchev–Trinajstić information content (AvgIpc) is 2.08. The zero-order valence-electron chi connectivity index (χ0n) is 7.76. The molecule has 1 aliphatic heterocycles. The van der Waals surface area contributed by atoms with Crippen molar-refractivity contribution in [2.75, 3.05) is 13.1 Å². The molecule has 0 bridgehead atoms. The van der Waals surface area contributed by atoms with Gasteiger partial charge in [-0.3, -0.25) is 4.79 Å². The molecular weight excluding hydrogens is 211 g/mol. The molecule has 0 radical (unpaired) electrons. The first-order valence-electron chi connectivity index (χ1n) is 4.34. The predicted molar refractivity (Wildman–Crippen MR) is 54.1 cm³/mol. The van der Waals surface area contributed by atoms with Gasteiger partial charge in [0, 0.05) is 25.2 Å². The first-order valence-corrected chi connectivity index (χ1v) is 5.21. The molecule has 0 spiro atoms. The summed E-state index contributed by atoms with van der Waals surface area (Å²) in [6, 6.07) is 0.482. The van der Waals surface area contributed by atoms with E-state index in [9.17, 15) is 4.79 Å². The molecule has 0 saturated carbocycles. The average molecular weight is 225 g/mol. The molecule has 5 heteroatoms. The molecule has 0 aromatic heterocycles. The van der Waals surface area contributed by atoms with Crippen LogP contribution in [0.25, 0.3) is 0 Å². The molecule has 1 amide bonds. The van der Waals surface area contributed by atoms with Crippen LogP contribution in [0.1, 0.15) is 13.8 Å². The number of hydrogen-bond donors (Lipinski definition) is 1. The Morgan fingerprint density at radius 3 is 2.69 bits per heavy atom. The van der Waals surface area contributed by atoms with Gasteiger partial charge in [-0.05, 0) is 13.8 Å². The number of alkyl halides is 2. The first kappa shape index (κ1) is 11.1. The molecule has 2 unspecified atom stereocenters. The van der Waals surface area contributed by atoms with Crippen LogP contribution in [-0.2, 0) is 4.79 Å². The van der Waals surface area contributed by atoms with Gasteiger partial charge < -0.3 is 10.2 Å². The molecule has 0 aliphatic carbocycles. The Hall–Kier alpha value is 0.01000. The molecule has 1 rings (SSSR count). The highest BCUT2D eigenvalue weighted by molar-refractivity contribution is 6.53. The zero-order valence-corrected chi connectivity index (χ0v) is 9.27. The van der Waals surface area contributed by atoms with Crippen LogP contribution < -0.4 is 5.32 Å². The van der Waals surface area contributed by atoms with Crippen LogP contribution in [-0.4, -0.2) is 40.8 Å². The molecule has 1 fully saturated rings. The Kier molecular flexibility index (Phi) is 3.83. The van der Waals surface area contributed by atoms with Crippen molar-refractivity contribution >= 4 is 29.1 Å². The molecule has 1 N–H and O–H groups in total. The fraction of sp³-hybridized carbons (Fsp3) is 0.875. The number of hydrogen-bond acceptors (Lipinski definition) is 2. The quantitative estimate of drug-likeness (QED) is 0.675. The standard InChI is InChI=1S/C8H14Cl2N2O/c1-5-4-12(6(2)3-11-5)8(13)7(9)10/h5-7,11H,3-4H2,1-2H3. The maximum absolute atomic E-state index is 11.5. The second-order valence-corrected chi connectivity index (χ2v) is 4.55. The molecule has 1 heterocycles. The lowest BCUT2D eigenvalue weighted by Gasteiger charge is -2.37. The second kappa shape index (κ2) is 4.49. The van der Waals surface area contributed by atoms with Crippen molar-refractivity contribution in [2.24, 2.45) is 0 Å². The summed E-state index contributed by atoms with van der Waals surface area (Å²) in [6.45, 7) is 5.49. The molecule has 13 heavy (non-hydrogen) atoms. The minimum atomic E-state index is -0.937. The number of carbonyl (C=O) groups excluding carboxylic acids is 1. The van der Waals surface area contributed by atoms with Crippen molar-refractivity contribution in [1.29, 1.82) is 0 Å². The van der Waals surface area contributed by atoms with Crippen molar-refractivity contribution in [2.45, 2.75) is 30.8 Å². The molecule has 76 valence electrons. The van der Waals surface area contributed by atoms with E-state index in [2.05, 4.69) is 5.32 Å². The van der Waals surface area contributed by atoms with Gasteiger partial charge >= 0.3 is 0 Å². The van der Waals surface area contributed by atoms with Gasteiger partial charge in [0.1, 0.15) is 0 Å². The van der Waals surface area contributed by atoms with E-state index in [-0.39, 0.29) is 11.9 Å². The van der Waals surface area contributed by atoms with Crippen molar-refractivity contribution in [3.05, 3.63) is 0 Å². The van der Waals surface area contributed by atoms with Gasteiger partial charge in [0.05, 0.1) is 0 Å². The Labute approximate surface area is 88.4 Å². The number of nitrogens with zero attached hydrogens (tertiary/aromatic N) is 1. The third kappa shape index (κ3) is 2.73. The largest absolute Gasteiger partial charge is 0.335 e. The Balaban J connectivity index is 2.60.